The molecule has 0 saturated carbocycles. The van der Waals surface area contributed by atoms with Crippen LogP contribution in [-0.2, 0) is 20.7 Å². The van der Waals surface area contributed by atoms with Crippen molar-refractivity contribution in [3.8, 4) is 11.1 Å². The molecule has 0 unspecified atom stereocenters. The number of nitrogens with one attached hydrogen (secondary N) is 2. The summed E-state index contributed by atoms with van der Waals surface area (Å²) in [7, 11) is 0. The molecule has 0 fully saturated rings. The molecule has 0 aromatic heterocycles. The largest absolute Gasteiger partial charge is 0.480 e. The van der Waals surface area contributed by atoms with Gasteiger partial charge in [0.1, 0.15) is 12.6 Å². The lowest BCUT2D eigenvalue weighted by Gasteiger charge is -2.15. The Bertz CT molecular complexity index is 1180. The number of hydrogen-bond donors (Lipinski definition) is 3. The van der Waals surface area contributed by atoms with Crippen LogP contribution in [0.1, 0.15) is 36.0 Å². The molecule has 3 aromatic carbocycles. The van der Waals surface area contributed by atoms with Crippen molar-refractivity contribution in [1.82, 2.24) is 5.32 Å². The molecule has 7 heteroatoms. The number of ether oxygens (including phenoxy) is 1. The van der Waals surface area contributed by atoms with E-state index in [-0.39, 0.29) is 18.9 Å². The first-order valence-electron chi connectivity index (χ1n) is 11.2. The lowest BCUT2D eigenvalue weighted by molar-refractivity contribution is -0.141. The Hall–Kier alpha value is -4.13. The van der Waals surface area contributed by atoms with E-state index >= 15 is 0 Å². The van der Waals surface area contributed by atoms with Gasteiger partial charge in [-0.25, -0.2) is 9.59 Å². The zero-order valence-corrected chi connectivity index (χ0v) is 18.8. The Morgan fingerprint density at radius 1 is 0.941 bits per heavy atom. The number of anilines is 1. The van der Waals surface area contributed by atoms with Crippen LogP contribution in [0.3, 0.4) is 0 Å². The first-order chi connectivity index (χ1) is 16.5. The minimum absolute atomic E-state index is 0.00396. The molecule has 1 aliphatic rings. The summed E-state index contributed by atoms with van der Waals surface area (Å²) in [5.74, 6) is -1.50. The first-order valence-corrected chi connectivity index (χ1v) is 11.2. The van der Waals surface area contributed by atoms with E-state index < -0.39 is 24.0 Å². The molecule has 4 rings (SSSR count). The number of carbonyl (C=O) groups is 3. The monoisotopic (exact) mass is 458 g/mol. The Balaban J connectivity index is 1.36. The van der Waals surface area contributed by atoms with E-state index in [1.807, 2.05) is 24.3 Å². The summed E-state index contributed by atoms with van der Waals surface area (Å²) < 4.78 is 5.56. The Labute approximate surface area is 197 Å². The molecule has 1 aliphatic carbocycles. The van der Waals surface area contributed by atoms with Crippen LogP contribution in [0.2, 0.25) is 0 Å². The van der Waals surface area contributed by atoms with E-state index in [2.05, 4.69) is 34.9 Å². The molecular formula is C27H26N2O5. The van der Waals surface area contributed by atoms with Crippen molar-refractivity contribution in [3.63, 3.8) is 0 Å². The third kappa shape index (κ3) is 5.09. The number of hydrogen-bond acceptors (Lipinski definition) is 4. The molecule has 0 saturated heterocycles. The van der Waals surface area contributed by atoms with Crippen molar-refractivity contribution >= 4 is 23.7 Å². The van der Waals surface area contributed by atoms with Crippen molar-refractivity contribution < 1.29 is 24.2 Å². The molecule has 0 aliphatic heterocycles. The van der Waals surface area contributed by atoms with Crippen LogP contribution in [-0.4, -0.2) is 35.7 Å². The second-order valence-electron chi connectivity index (χ2n) is 8.19. The summed E-state index contributed by atoms with van der Waals surface area (Å²) in [5.41, 5.74) is 5.73. The van der Waals surface area contributed by atoms with Crippen molar-refractivity contribution in [2.75, 3.05) is 11.9 Å². The molecule has 34 heavy (non-hydrogen) atoms. The maximum atomic E-state index is 12.5. The lowest BCUT2D eigenvalue weighted by atomic mass is 9.98. The summed E-state index contributed by atoms with van der Waals surface area (Å²) in [6, 6.07) is 22.2. The Kier molecular flexibility index (Phi) is 6.92. The normalized spacial score (nSPS) is 12.9. The third-order valence-electron chi connectivity index (χ3n) is 5.92. The van der Waals surface area contributed by atoms with Gasteiger partial charge < -0.3 is 15.2 Å². The van der Waals surface area contributed by atoms with Gasteiger partial charge in [-0.05, 0) is 46.4 Å². The molecule has 3 N–H and O–H groups in total. The summed E-state index contributed by atoms with van der Waals surface area (Å²) in [4.78, 5) is 35.8. The maximum absolute atomic E-state index is 12.5. The minimum atomic E-state index is -1.07. The van der Waals surface area contributed by atoms with Crippen molar-refractivity contribution in [3.05, 3.63) is 89.5 Å². The zero-order chi connectivity index (χ0) is 24.1. The van der Waals surface area contributed by atoms with Gasteiger partial charge in [-0.15, -0.1) is 0 Å². The molecule has 0 bridgehead atoms. The predicted octanol–water partition coefficient (Wildman–Crippen LogP) is 4.57. The zero-order valence-electron chi connectivity index (χ0n) is 18.8. The van der Waals surface area contributed by atoms with Gasteiger partial charge in [-0.3, -0.25) is 10.1 Å². The number of fused-ring (bicyclic) bond motifs is 3. The standard InChI is InChI=1S/C27H26N2O5/c1-2-24(26(31)32)29-25(30)15-17-8-7-9-18(14-17)28-27(33)34-16-23-21-12-5-3-10-19(21)20-11-4-6-13-22(20)23/h3-14,23-24H,2,15-16H2,1H3,(H,28,33)(H,29,30)(H,31,32)/t24-/m0/s1. The summed E-state index contributed by atoms with van der Waals surface area (Å²) in [6.07, 6.45) is -0.283. The second-order valence-corrected chi connectivity index (χ2v) is 8.19. The number of benzene rings is 3. The average Bonchev–Trinajstić information content (AvgIpc) is 3.15. The Morgan fingerprint density at radius 3 is 2.21 bits per heavy atom. The molecule has 0 spiro atoms. The fraction of sp³-hybridized carbons (Fsp3) is 0.222. The van der Waals surface area contributed by atoms with Crippen molar-refractivity contribution in [2.45, 2.75) is 31.7 Å². The van der Waals surface area contributed by atoms with E-state index in [4.69, 9.17) is 9.84 Å². The minimum Gasteiger partial charge on any atom is -0.480 e. The van der Waals surface area contributed by atoms with Gasteiger partial charge in [-0.1, -0.05) is 67.6 Å². The molecule has 2 amide bonds. The van der Waals surface area contributed by atoms with Crippen LogP contribution >= 0.6 is 0 Å². The van der Waals surface area contributed by atoms with E-state index in [9.17, 15) is 14.4 Å². The Morgan fingerprint density at radius 2 is 1.59 bits per heavy atom. The van der Waals surface area contributed by atoms with E-state index in [0.29, 0.717) is 17.7 Å². The number of rotatable bonds is 8. The van der Waals surface area contributed by atoms with Gasteiger partial charge in [0.05, 0.1) is 6.42 Å². The molecule has 0 radical (unpaired) electrons. The van der Waals surface area contributed by atoms with Gasteiger partial charge in [-0.2, -0.15) is 0 Å². The first kappa shape index (κ1) is 23.0. The van der Waals surface area contributed by atoms with Gasteiger partial charge in [0.15, 0.2) is 0 Å². The van der Waals surface area contributed by atoms with Gasteiger partial charge >= 0.3 is 12.1 Å². The summed E-state index contributed by atoms with van der Waals surface area (Å²) in [6.45, 7) is 1.90. The van der Waals surface area contributed by atoms with Crippen LogP contribution in [0, 0.1) is 0 Å². The number of carboxylic acid groups (broad SMARTS) is 1. The molecule has 174 valence electrons. The molecular weight excluding hydrogens is 432 g/mol. The van der Waals surface area contributed by atoms with Gasteiger partial charge in [0.25, 0.3) is 0 Å². The van der Waals surface area contributed by atoms with E-state index in [0.717, 1.165) is 22.3 Å². The van der Waals surface area contributed by atoms with Crippen LogP contribution < -0.4 is 10.6 Å². The molecule has 3 aromatic rings. The highest BCUT2D eigenvalue weighted by Gasteiger charge is 2.29. The van der Waals surface area contributed by atoms with Crippen molar-refractivity contribution in [2.24, 2.45) is 0 Å². The highest BCUT2D eigenvalue weighted by atomic mass is 16.5. The fourth-order valence-corrected chi connectivity index (χ4v) is 4.28. The summed E-state index contributed by atoms with van der Waals surface area (Å²) >= 11 is 0. The predicted molar refractivity (Wildman–Crippen MR) is 129 cm³/mol. The quantitative estimate of drug-likeness (QED) is 0.459. The fourth-order valence-electron chi connectivity index (χ4n) is 4.28. The highest BCUT2D eigenvalue weighted by Crippen LogP contribution is 2.44. The smallest absolute Gasteiger partial charge is 0.411 e. The molecule has 1 atom stereocenters. The number of amides is 2. The van der Waals surface area contributed by atoms with Crippen LogP contribution in [0.4, 0.5) is 10.5 Å². The van der Waals surface area contributed by atoms with Crippen LogP contribution in [0.5, 0.6) is 0 Å². The SMILES string of the molecule is CC[C@H](NC(=O)Cc1cccc(NC(=O)OCC2c3ccccc3-c3ccccc32)c1)C(=O)O. The van der Waals surface area contributed by atoms with E-state index in [1.54, 1.807) is 31.2 Å². The summed E-state index contributed by atoms with van der Waals surface area (Å²) in [5, 5.41) is 14.3. The topological polar surface area (TPSA) is 105 Å². The van der Waals surface area contributed by atoms with Gasteiger partial charge in [0.2, 0.25) is 5.91 Å². The lowest BCUT2D eigenvalue weighted by Crippen LogP contribution is -2.40. The number of aliphatic carboxylic acids is 1. The number of carbonyl (C=O) groups excluding carboxylic acids is 2. The molecule has 0 heterocycles. The highest BCUT2D eigenvalue weighted by molar-refractivity contribution is 5.87. The van der Waals surface area contributed by atoms with Crippen molar-refractivity contribution in [1.29, 1.82) is 0 Å². The van der Waals surface area contributed by atoms with Crippen LogP contribution in [0.15, 0.2) is 72.8 Å². The third-order valence-corrected chi connectivity index (χ3v) is 5.92. The van der Waals surface area contributed by atoms with Crippen LogP contribution in [0.25, 0.3) is 11.1 Å². The number of carboxylic acids is 1. The molecule has 7 nitrogen and oxygen atoms in total. The second kappa shape index (κ2) is 10.2. The van der Waals surface area contributed by atoms with E-state index in [1.165, 1.54) is 0 Å². The van der Waals surface area contributed by atoms with Gasteiger partial charge in [0, 0.05) is 11.6 Å². The average molecular weight is 459 g/mol. The maximum Gasteiger partial charge on any atom is 0.411 e.